The van der Waals surface area contributed by atoms with Crippen molar-refractivity contribution >= 4 is 29.1 Å². The van der Waals surface area contributed by atoms with Gasteiger partial charge in [0.25, 0.3) is 5.91 Å². The van der Waals surface area contributed by atoms with Crippen LogP contribution in [0.25, 0.3) is 0 Å². The van der Waals surface area contributed by atoms with Crippen LogP contribution in [0.1, 0.15) is 16.8 Å². The van der Waals surface area contributed by atoms with Crippen LogP contribution < -0.4 is 5.32 Å². The van der Waals surface area contributed by atoms with Gasteiger partial charge in [-0.15, -0.1) is 5.10 Å². The van der Waals surface area contributed by atoms with Crippen molar-refractivity contribution in [1.82, 2.24) is 25.3 Å². The van der Waals surface area contributed by atoms with E-state index in [-0.39, 0.29) is 16.1 Å². The van der Waals surface area contributed by atoms with Crippen LogP contribution in [0.4, 0.5) is 0 Å². The largest absolute Gasteiger partial charge is 0.352 e. The predicted molar refractivity (Wildman–Crippen MR) is 71.2 cm³/mol. The third-order valence-corrected chi connectivity index (χ3v) is 2.90. The molecule has 0 aliphatic rings. The molecule has 0 fully saturated rings. The van der Waals surface area contributed by atoms with Gasteiger partial charge in [0.15, 0.2) is 0 Å². The molecule has 0 aliphatic carbocycles. The van der Waals surface area contributed by atoms with Gasteiger partial charge < -0.3 is 5.32 Å². The molecule has 2 rings (SSSR count). The molecule has 0 aromatic carbocycles. The average molecular weight is 300 g/mol. The Balaban J connectivity index is 1.82. The first-order chi connectivity index (χ1) is 9.16. The Labute approximate surface area is 119 Å². The van der Waals surface area contributed by atoms with Gasteiger partial charge in [-0.25, -0.2) is 4.98 Å². The summed E-state index contributed by atoms with van der Waals surface area (Å²) in [6, 6.07) is 1.44. The van der Waals surface area contributed by atoms with Crippen molar-refractivity contribution in [3.63, 3.8) is 0 Å². The Morgan fingerprint density at radius 2 is 2.26 bits per heavy atom. The number of pyridine rings is 1. The van der Waals surface area contributed by atoms with Gasteiger partial charge in [-0.2, -0.15) is 0 Å². The van der Waals surface area contributed by atoms with Crippen LogP contribution in [0, 0.1) is 0 Å². The maximum Gasteiger partial charge on any atom is 0.252 e. The van der Waals surface area contributed by atoms with Crippen molar-refractivity contribution in [2.24, 2.45) is 0 Å². The van der Waals surface area contributed by atoms with Crippen molar-refractivity contribution in [1.29, 1.82) is 0 Å². The zero-order chi connectivity index (χ0) is 13.7. The number of aromatic nitrogens is 4. The van der Waals surface area contributed by atoms with Gasteiger partial charge in [0.1, 0.15) is 5.15 Å². The smallest absolute Gasteiger partial charge is 0.252 e. The minimum absolute atomic E-state index is 0.233. The molecule has 19 heavy (non-hydrogen) atoms. The van der Waals surface area contributed by atoms with E-state index in [2.05, 4.69) is 20.6 Å². The zero-order valence-electron chi connectivity index (χ0n) is 9.88. The summed E-state index contributed by atoms with van der Waals surface area (Å²) in [4.78, 5) is 15.6. The molecule has 0 unspecified atom stereocenters. The monoisotopic (exact) mass is 299 g/mol. The summed E-state index contributed by atoms with van der Waals surface area (Å²) < 4.78 is 1.70. The number of nitrogens with zero attached hydrogens (tertiary/aromatic N) is 4. The van der Waals surface area contributed by atoms with E-state index in [1.54, 1.807) is 17.1 Å². The fraction of sp³-hybridized carbons (Fsp3) is 0.273. The third-order valence-electron chi connectivity index (χ3n) is 2.39. The number of carbonyl (C=O) groups is 1. The number of halogens is 2. The lowest BCUT2D eigenvalue weighted by Crippen LogP contribution is -2.25. The lowest BCUT2D eigenvalue weighted by atomic mass is 10.2. The van der Waals surface area contributed by atoms with Crippen molar-refractivity contribution in [2.75, 3.05) is 6.54 Å². The number of nitrogens with one attached hydrogen (secondary N) is 1. The van der Waals surface area contributed by atoms with Gasteiger partial charge in [0.2, 0.25) is 0 Å². The summed E-state index contributed by atoms with van der Waals surface area (Å²) in [5, 5.41) is 10.8. The van der Waals surface area contributed by atoms with Crippen LogP contribution in [0.2, 0.25) is 10.2 Å². The highest BCUT2D eigenvalue weighted by Gasteiger charge is 2.10. The van der Waals surface area contributed by atoms with Gasteiger partial charge in [0.05, 0.1) is 16.8 Å². The van der Waals surface area contributed by atoms with E-state index in [4.69, 9.17) is 23.2 Å². The van der Waals surface area contributed by atoms with Gasteiger partial charge in [0, 0.05) is 25.5 Å². The second-order valence-electron chi connectivity index (χ2n) is 3.76. The summed E-state index contributed by atoms with van der Waals surface area (Å²) in [6.45, 7) is 1.19. The molecule has 6 nitrogen and oxygen atoms in total. The maximum absolute atomic E-state index is 11.9. The van der Waals surface area contributed by atoms with Crippen molar-refractivity contribution in [2.45, 2.75) is 13.0 Å². The molecule has 8 heteroatoms. The molecule has 2 heterocycles. The minimum atomic E-state index is -0.270. The van der Waals surface area contributed by atoms with Crippen molar-refractivity contribution in [3.8, 4) is 0 Å². The van der Waals surface area contributed by atoms with E-state index in [9.17, 15) is 4.79 Å². The highest BCUT2D eigenvalue weighted by atomic mass is 35.5. The highest BCUT2D eigenvalue weighted by molar-refractivity contribution is 6.35. The van der Waals surface area contributed by atoms with E-state index in [1.165, 1.54) is 12.3 Å². The van der Waals surface area contributed by atoms with E-state index in [0.717, 1.165) is 6.42 Å². The van der Waals surface area contributed by atoms with Crippen LogP contribution >= 0.6 is 23.2 Å². The summed E-state index contributed by atoms with van der Waals surface area (Å²) in [5.74, 6) is -0.270. The molecule has 100 valence electrons. The second kappa shape index (κ2) is 6.49. The summed E-state index contributed by atoms with van der Waals surface area (Å²) in [7, 11) is 0. The normalized spacial score (nSPS) is 10.4. The van der Waals surface area contributed by atoms with Crippen LogP contribution in [-0.2, 0) is 6.54 Å². The summed E-state index contributed by atoms with van der Waals surface area (Å²) >= 11 is 11.6. The summed E-state index contributed by atoms with van der Waals surface area (Å²) in [6.07, 6.45) is 5.47. The molecule has 2 aromatic heterocycles. The lowest BCUT2D eigenvalue weighted by molar-refractivity contribution is 0.0952. The summed E-state index contributed by atoms with van der Waals surface area (Å²) in [5.41, 5.74) is 0.322. The first kappa shape index (κ1) is 13.8. The Kier molecular flexibility index (Phi) is 4.70. The number of aryl methyl sites for hydroxylation is 1. The molecule has 0 saturated carbocycles. The standard InChI is InChI=1S/C11H11Cl2N5O/c12-9-7-15-10(13)6-8(9)11(19)14-2-1-4-18-5-3-16-17-18/h3,5-7H,1-2,4H2,(H,14,19). The third kappa shape index (κ3) is 3.90. The molecular weight excluding hydrogens is 289 g/mol. The molecule has 2 aromatic rings. The predicted octanol–water partition coefficient (Wildman–Crippen LogP) is 1.80. The highest BCUT2D eigenvalue weighted by Crippen LogP contribution is 2.17. The molecule has 1 amide bonds. The average Bonchev–Trinajstić information content (AvgIpc) is 2.90. The Morgan fingerprint density at radius 1 is 1.42 bits per heavy atom. The zero-order valence-corrected chi connectivity index (χ0v) is 11.4. The SMILES string of the molecule is O=C(NCCCn1ccnn1)c1cc(Cl)ncc1Cl. The molecule has 0 radical (unpaired) electrons. The van der Waals surface area contributed by atoms with Crippen LogP contribution in [0.5, 0.6) is 0 Å². The van der Waals surface area contributed by atoms with E-state index < -0.39 is 0 Å². The second-order valence-corrected chi connectivity index (χ2v) is 4.56. The molecule has 0 bridgehead atoms. The fourth-order valence-electron chi connectivity index (χ4n) is 1.48. The number of hydrogen-bond acceptors (Lipinski definition) is 4. The molecule has 1 N–H and O–H groups in total. The molecule has 0 saturated heterocycles. The van der Waals surface area contributed by atoms with E-state index >= 15 is 0 Å². The lowest BCUT2D eigenvalue weighted by Gasteiger charge is -2.06. The van der Waals surface area contributed by atoms with Crippen LogP contribution in [0.15, 0.2) is 24.7 Å². The van der Waals surface area contributed by atoms with Crippen LogP contribution in [-0.4, -0.2) is 32.4 Å². The molecule has 0 atom stereocenters. The van der Waals surface area contributed by atoms with Crippen molar-refractivity contribution in [3.05, 3.63) is 40.4 Å². The topological polar surface area (TPSA) is 72.7 Å². The quantitative estimate of drug-likeness (QED) is 0.675. The molecule has 0 aliphatic heterocycles. The first-order valence-corrected chi connectivity index (χ1v) is 6.36. The molecular formula is C11H11Cl2N5O. The minimum Gasteiger partial charge on any atom is -0.352 e. The Bertz CT molecular complexity index is 558. The van der Waals surface area contributed by atoms with E-state index in [0.29, 0.717) is 18.7 Å². The van der Waals surface area contributed by atoms with Crippen LogP contribution in [0.3, 0.4) is 0 Å². The molecule has 0 spiro atoms. The van der Waals surface area contributed by atoms with Crippen molar-refractivity contribution < 1.29 is 4.79 Å². The van der Waals surface area contributed by atoms with Gasteiger partial charge in [-0.05, 0) is 12.5 Å². The van der Waals surface area contributed by atoms with E-state index in [1.807, 2.05) is 0 Å². The number of carbonyl (C=O) groups excluding carboxylic acids is 1. The van der Waals surface area contributed by atoms with Gasteiger partial charge in [-0.1, -0.05) is 28.4 Å². The Hall–Kier alpha value is -1.66. The fourth-order valence-corrected chi connectivity index (χ4v) is 1.82. The number of hydrogen-bond donors (Lipinski definition) is 1. The van der Waals surface area contributed by atoms with Gasteiger partial charge >= 0.3 is 0 Å². The first-order valence-electron chi connectivity index (χ1n) is 5.60. The number of amides is 1. The Morgan fingerprint density at radius 3 is 3.00 bits per heavy atom. The number of rotatable bonds is 5. The van der Waals surface area contributed by atoms with Gasteiger partial charge in [-0.3, -0.25) is 9.48 Å². The maximum atomic E-state index is 11.9.